The van der Waals surface area contributed by atoms with Crippen molar-refractivity contribution in [2.24, 2.45) is 11.8 Å². The number of benzene rings is 1. The highest BCUT2D eigenvalue weighted by Gasteiger charge is 2.24. The van der Waals surface area contributed by atoms with Gasteiger partial charge in [-0.3, -0.25) is 4.79 Å². The maximum atomic E-state index is 12.7. The minimum Gasteiger partial charge on any atom is -0.354 e. The van der Waals surface area contributed by atoms with Crippen LogP contribution < -0.4 is 5.32 Å². The molecule has 1 aliphatic heterocycles. The quantitative estimate of drug-likeness (QED) is 0.804. The lowest BCUT2D eigenvalue weighted by atomic mass is 9.90. The Bertz CT molecular complexity index is 707. The van der Waals surface area contributed by atoms with E-state index in [0.717, 1.165) is 45.3 Å². The predicted octanol–water partition coefficient (Wildman–Crippen LogP) is 4.03. The largest absolute Gasteiger partial charge is 0.354 e. The fourth-order valence-electron chi connectivity index (χ4n) is 3.47. The van der Waals surface area contributed by atoms with Gasteiger partial charge in [-0.1, -0.05) is 44.2 Å². The van der Waals surface area contributed by atoms with E-state index in [1.807, 2.05) is 4.90 Å². The number of rotatable bonds is 7. The average Bonchev–Trinajstić information content (AvgIpc) is 2.69. The molecule has 1 aliphatic rings. The zero-order chi connectivity index (χ0) is 19.1. The van der Waals surface area contributed by atoms with Gasteiger partial charge >= 0.3 is 0 Å². The molecular weight excluding hydrogens is 336 g/mol. The Labute approximate surface area is 162 Å². The third-order valence-electron chi connectivity index (χ3n) is 5.17. The third-order valence-corrected chi connectivity index (χ3v) is 5.17. The van der Waals surface area contributed by atoms with E-state index in [0.29, 0.717) is 23.3 Å². The van der Waals surface area contributed by atoms with Gasteiger partial charge in [-0.15, -0.1) is 0 Å². The zero-order valence-electron chi connectivity index (χ0n) is 16.4. The van der Waals surface area contributed by atoms with Crippen LogP contribution in [-0.4, -0.2) is 40.4 Å². The molecule has 0 saturated carbocycles. The Kier molecular flexibility index (Phi) is 6.80. The predicted molar refractivity (Wildman–Crippen MR) is 109 cm³/mol. The van der Waals surface area contributed by atoms with Crippen molar-refractivity contribution in [3.05, 3.63) is 53.9 Å². The van der Waals surface area contributed by atoms with Crippen LogP contribution in [0.5, 0.6) is 0 Å². The first kappa shape index (κ1) is 19.3. The molecule has 1 N–H and O–H groups in total. The lowest BCUT2D eigenvalue weighted by molar-refractivity contribution is 0.0689. The second-order valence-electron chi connectivity index (χ2n) is 7.83. The van der Waals surface area contributed by atoms with Crippen molar-refractivity contribution in [2.75, 3.05) is 25.0 Å². The molecule has 1 saturated heterocycles. The van der Waals surface area contributed by atoms with Gasteiger partial charge in [-0.2, -0.15) is 0 Å². The Morgan fingerprint density at radius 3 is 2.44 bits per heavy atom. The summed E-state index contributed by atoms with van der Waals surface area (Å²) in [5.74, 6) is 1.93. The standard InChI is InChI=1S/C22H30N4O/c1-17(2)8-11-23-22-24-15-20(16-25-22)21(27)26-12-9-19(10-13-26)14-18-6-4-3-5-7-18/h3-7,15-17,19H,8-14H2,1-2H3,(H,23,24,25). The third kappa shape index (κ3) is 5.78. The van der Waals surface area contributed by atoms with Crippen molar-refractivity contribution in [3.8, 4) is 0 Å². The fraction of sp³-hybridized carbons (Fsp3) is 0.500. The number of aromatic nitrogens is 2. The van der Waals surface area contributed by atoms with Crippen LogP contribution in [0.3, 0.4) is 0 Å². The van der Waals surface area contributed by atoms with Crippen LogP contribution in [0, 0.1) is 11.8 Å². The molecule has 0 radical (unpaired) electrons. The summed E-state index contributed by atoms with van der Waals surface area (Å²) in [6, 6.07) is 10.6. The molecule has 3 rings (SSSR count). The molecule has 5 nitrogen and oxygen atoms in total. The molecular formula is C22H30N4O. The summed E-state index contributed by atoms with van der Waals surface area (Å²) in [6.07, 6.45) is 7.56. The molecule has 1 amide bonds. The first-order valence-electron chi connectivity index (χ1n) is 10.0. The molecule has 27 heavy (non-hydrogen) atoms. The van der Waals surface area contributed by atoms with Crippen LogP contribution in [0.1, 0.15) is 49.0 Å². The Morgan fingerprint density at radius 2 is 1.81 bits per heavy atom. The molecule has 0 bridgehead atoms. The minimum atomic E-state index is 0.0434. The van der Waals surface area contributed by atoms with Crippen molar-refractivity contribution in [1.29, 1.82) is 0 Å². The van der Waals surface area contributed by atoms with Gasteiger partial charge in [-0.05, 0) is 43.1 Å². The fourth-order valence-corrected chi connectivity index (χ4v) is 3.47. The van der Waals surface area contributed by atoms with E-state index < -0.39 is 0 Å². The number of hydrogen-bond acceptors (Lipinski definition) is 4. The van der Waals surface area contributed by atoms with Crippen molar-refractivity contribution in [2.45, 2.75) is 39.5 Å². The van der Waals surface area contributed by atoms with Crippen LogP contribution in [0.4, 0.5) is 5.95 Å². The Hall–Kier alpha value is -2.43. The van der Waals surface area contributed by atoms with E-state index >= 15 is 0 Å². The number of carbonyl (C=O) groups excluding carboxylic acids is 1. The number of nitrogens with one attached hydrogen (secondary N) is 1. The molecule has 1 fully saturated rings. The molecule has 1 aromatic heterocycles. The second-order valence-corrected chi connectivity index (χ2v) is 7.83. The van der Waals surface area contributed by atoms with Crippen LogP contribution in [0.15, 0.2) is 42.7 Å². The van der Waals surface area contributed by atoms with Crippen LogP contribution >= 0.6 is 0 Å². The molecule has 0 aliphatic carbocycles. The molecule has 0 spiro atoms. The van der Waals surface area contributed by atoms with Crippen molar-refractivity contribution in [3.63, 3.8) is 0 Å². The summed E-state index contributed by atoms with van der Waals surface area (Å²) in [7, 11) is 0. The molecule has 0 atom stereocenters. The van der Waals surface area contributed by atoms with Crippen molar-refractivity contribution >= 4 is 11.9 Å². The number of piperidine rings is 1. The smallest absolute Gasteiger partial charge is 0.256 e. The first-order valence-corrected chi connectivity index (χ1v) is 10.0. The van der Waals surface area contributed by atoms with Gasteiger partial charge in [0.05, 0.1) is 5.56 Å². The number of hydrogen-bond donors (Lipinski definition) is 1. The first-order chi connectivity index (χ1) is 13.1. The van der Waals surface area contributed by atoms with Gasteiger partial charge in [0.2, 0.25) is 5.95 Å². The molecule has 144 valence electrons. The molecule has 5 heteroatoms. The van der Waals surface area contributed by atoms with E-state index in [9.17, 15) is 4.79 Å². The van der Waals surface area contributed by atoms with E-state index in [4.69, 9.17) is 0 Å². The normalized spacial score (nSPS) is 15.1. The highest BCUT2D eigenvalue weighted by molar-refractivity contribution is 5.93. The monoisotopic (exact) mass is 366 g/mol. The zero-order valence-corrected chi connectivity index (χ0v) is 16.4. The van der Waals surface area contributed by atoms with Gasteiger partial charge in [0.1, 0.15) is 0 Å². The topological polar surface area (TPSA) is 58.1 Å². The number of nitrogens with zero attached hydrogens (tertiary/aromatic N) is 3. The summed E-state index contributed by atoms with van der Waals surface area (Å²) in [4.78, 5) is 23.2. The van der Waals surface area contributed by atoms with E-state index in [-0.39, 0.29) is 5.91 Å². The van der Waals surface area contributed by atoms with Gasteiger partial charge in [0, 0.05) is 32.0 Å². The highest BCUT2D eigenvalue weighted by Crippen LogP contribution is 2.22. The van der Waals surface area contributed by atoms with Crippen LogP contribution in [0.25, 0.3) is 0 Å². The lowest BCUT2D eigenvalue weighted by Crippen LogP contribution is -2.39. The summed E-state index contributed by atoms with van der Waals surface area (Å²) >= 11 is 0. The Balaban J connectivity index is 1.47. The molecule has 2 aromatic rings. The molecule has 2 heterocycles. The minimum absolute atomic E-state index is 0.0434. The summed E-state index contributed by atoms with van der Waals surface area (Å²) in [6.45, 7) is 6.84. The van der Waals surface area contributed by atoms with Crippen LogP contribution in [-0.2, 0) is 6.42 Å². The Morgan fingerprint density at radius 1 is 1.15 bits per heavy atom. The average molecular weight is 367 g/mol. The van der Waals surface area contributed by atoms with Gasteiger partial charge in [0.25, 0.3) is 5.91 Å². The summed E-state index contributed by atoms with van der Waals surface area (Å²) < 4.78 is 0. The maximum absolute atomic E-state index is 12.7. The van der Waals surface area contributed by atoms with E-state index in [1.54, 1.807) is 12.4 Å². The van der Waals surface area contributed by atoms with Crippen LogP contribution in [0.2, 0.25) is 0 Å². The lowest BCUT2D eigenvalue weighted by Gasteiger charge is -2.32. The maximum Gasteiger partial charge on any atom is 0.256 e. The summed E-state index contributed by atoms with van der Waals surface area (Å²) in [5, 5.41) is 3.20. The number of anilines is 1. The SMILES string of the molecule is CC(C)CCNc1ncc(C(=O)N2CCC(Cc3ccccc3)CC2)cn1. The number of likely N-dealkylation sites (tertiary alicyclic amines) is 1. The van der Waals surface area contributed by atoms with Gasteiger partial charge in [0.15, 0.2) is 0 Å². The molecule has 1 aromatic carbocycles. The van der Waals surface area contributed by atoms with Gasteiger partial charge in [-0.25, -0.2) is 9.97 Å². The van der Waals surface area contributed by atoms with Crippen molar-refractivity contribution < 1.29 is 4.79 Å². The summed E-state index contributed by atoms with van der Waals surface area (Å²) in [5.41, 5.74) is 1.96. The van der Waals surface area contributed by atoms with Crippen molar-refractivity contribution in [1.82, 2.24) is 14.9 Å². The highest BCUT2D eigenvalue weighted by atomic mass is 16.2. The van der Waals surface area contributed by atoms with Gasteiger partial charge < -0.3 is 10.2 Å². The second kappa shape index (κ2) is 9.49. The number of carbonyl (C=O) groups is 1. The molecule has 0 unspecified atom stereocenters. The van der Waals surface area contributed by atoms with E-state index in [1.165, 1.54) is 5.56 Å². The number of amides is 1. The van der Waals surface area contributed by atoms with E-state index in [2.05, 4.69) is 59.5 Å².